The lowest BCUT2D eigenvalue weighted by Gasteiger charge is -2.26. The molecule has 3 heterocycles. The summed E-state index contributed by atoms with van der Waals surface area (Å²) in [6, 6.07) is 10.5. The molecule has 4 rings (SSSR count). The molecule has 1 unspecified atom stereocenters. The van der Waals surface area contributed by atoms with E-state index in [9.17, 15) is 9.90 Å². The molecule has 2 aromatic heterocycles. The van der Waals surface area contributed by atoms with Crippen LogP contribution in [0.5, 0.6) is 0 Å². The van der Waals surface area contributed by atoms with Gasteiger partial charge in [0.15, 0.2) is 0 Å². The van der Waals surface area contributed by atoms with Crippen molar-refractivity contribution in [3.8, 4) is 0 Å². The predicted molar refractivity (Wildman–Crippen MR) is 134 cm³/mol. The quantitative estimate of drug-likeness (QED) is 0.406. The molecule has 0 amide bonds. The number of aliphatic hydroxyl groups is 1. The van der Waals surface area contributed by atoms with Crippen LogP contribution in [0.2, 0.25) is 0 Å². The fraction of sp³-hybridized carbons (Fsp3) is 0.520. The monoisotopic (exact) mass is 486 g/mol. The summed E-state index contributed by atoms with van der Waals surface area (Å²) in [5, 5.41) is 11.0. The highest BCUT2D eigenvalue weighted by atomic mass is 32.1. The van der Waals surface area contributed by atoms with Gasteiger partial charge >= 0.3 is 0 Å². The molecule has 0 fully saturated rings. The lowest BCUT2D eigenvalue weighted by molar-refractivity contribution is 0.0144. The van der Waals surface area contributed by atoms with Crippen molar-refractivity contribution >= 4 is 21.6 Å². The minimum absolute atomic E-state index is 0.0736. The van der Waals surface area contributed by atoms with Crippen molar-refractivity contribution in [1.82, 2.24) is 19.8 Å². The molecule has 0 radical (unpaired) electrons. The van der Waals surface area contributed by atoms with Crippen LogP contribution in [0.3, 0.4) is 0 Å². The number of H-pyrrole nitrogens is 1. The molecular weight excluding hydrogens is 452 g/mol. The predicted octanol–water partition coefficient (Wildman–Crippen LogP) is 2.39. The summed E-state index contributed by atoms with van der Waals surface area (Å²) >= 11 is 1.63. The summed E-state index contributed by atoms with van der Waals surface area (Å²) in [5.41, 5.74) is 2.37. The van der Waals surface area contributed by atoms with Crippen molar-refractivity contribution in [2.75, 3.05) is 46.6 Å². The fourth-order valence-electron chi connectivity index (χ4n) is 4.42. The number of aromatic nitrogens is 2. The van der Waals surface area contributed by atoms with E-state index < -0.39 is 6.10 Å². The molecule has 0 saturated heterocycles. The van der Waals surface area contributed by atoms with Crippen molar-refractivity contribution in [3.63, 3.8) is 0 Å². The Kier molecular flexibility index (Phi) is 8.82. The van der Waals surface area contributed by atoms with E-state index in [2.05, 4.69) is 34.1 Å². The first kappa shape index (κ1) is 25.0. The first-order chi connectivity index (χ1) is 16.6. The number of fused-ring (bicyclic) bond motifs is 3. The smallest absolute Gasteiger partial charge is 0.259 e. The molecule has 1 atom stereocenters. The van der Waals surface area contributed by atoms with Crippen LogP contribution >= 0.6 is 11.3 Å². The standard InChI is InChI=1S/C25H34N4O4S/c1-3-33-17-19(30)14-29(11-12-32-2)16-22-26-24(31)23-20-9-10-28(13-18-7-5-4-6-8-18)15-21(20)34-25(23)27-22/h4-8,19,30H,3,9-17H2,1-2H3,(H,26,27,31). The summed E-state index contributed by atoms with van der Waals surface area (Å²) in [6.07, 6.45) is 0.243. The van der Waals surface area contributed by atoms with Crippen LogP contribution in [0.15, 0.2) is 35.1 Å². The maximum atomic E-state index is 13.0. The Balaban J connectivity index is 1.50. The highest BCUT2D eigenvalue weighted by Gasteiger charge is 2.24. The fourth-order valence-corrected chi connectivity index (χ4v) is 5.70. The van der Waals surface area contributed by atoms with Gasteiger partial charge in [0.1, 0.15) is 10.7 Å². The first-order valence-corrected chi connectivity index (χ1v) is 12.7. The van der Waals surface area contributed by atoms with Crippen molar-refractivity contribution in [2.45, 2.75) is 39.1 Å². The van der Waals surface area contributed by atoms with Crippen LogP contribution in [-0.4, -0.2) is 77.5 Å². The molecule has 3 aromatic rings. The van der Waals surface area contributed by atoms with E-state index in [1.165, 1.54) is 10.4 Å². The molecule has 1 aliphatic heterocycles. The Bertz CT molecular complexity index is 1120. The Morgan fingerprint density at radius 1 is 1.32 bits per heavy atom. The molecule has 0 saturated carbocycles. The summed E-state index contributed by atoms with van der Waals surface area (Å²) in [7, 11) is 1.65. The SMILES string of the molecule is CCOCC(O)CN(CCOC)Cc1nc2sc3c(c2c(=O)[nH]1)CCN(Cc1ccccc1)C3. The van der Waals surface area contributed by atoms with E-state index in [4.69, 9.17) is 14.5 Å². The topological polar surface area (TPSA) is 90.9 Å². The van der Waals surface area contributed by atoms with Crippen LogP contribution in [-0.2, 0) is 35.5 Å². The largest absolute Gasteiger partial charge is 0.389 e. The van der Waals surface area contributed by atoms with Crippen molar-refractivity contribution in [2.24, 2.45) is 0 Å². The number of thiophene rings is 1. The minimum Gasteiger partial charge on any atom is -0.389 e. The van der Waals surface area contributed by atoms with Gasteiger partial charge in [-0.15, -0.1) is 11.3 Å². The zero-order valence-corrected chi connectivity index (χ0v) is 20.8. The number of rotatable bonds is 12. The zero-order chi connectivity index (χ0) is 23.9. The lowest BCUT2D eigenvalue weighted by Crippen LogP contribution is -2.37. The highest BCUT2D eigenvalue weighted by Crippen LogP contribution is 2.32. The van der Waals surface area contributed by atoms with E-state index in [1.807, 2.05) is 17.9 Å². The summed E-state index contributed by atoms with van der Waals surface area (Å²) in [4.78, 5) is 27.3. The maximum absolute atomic E-state index is 13.0. The molecule has 184 valence electrons. The average molecular weight is 487 g/mol. The van der Waals surface area contributed by atoms with Crippen LogP contribution in [0, 0.1) is 0 Å². The lowest BCUT2D eigenvalue weighted by atomic mass is 10.0. The number of methoxy groups -OCH3 is 1. The Morgan fingerprint density at radius 3 is 2.91 bits per heavy atom. The molecule has 1 aromatic carbocycles. The number of benzene rings is 1. The second kappa shape index (κ2) is 12.0. The second-order valence-electron chi connectivity index (χ2n) is 8.68. The van der Waals surface area contributed by atoms with Gasteiger partial charge in [-0.05, 0) is 24.5 Å². The first-order valence-electron chi connectivity index (χ1n) is 11.8. The van der Waals surface area contributed by atoms with Gasteiger partial charge in [-0.25, -0.2) is 4.98 Å². The highest BCUT2D eigenvalue weighted by molar-refractivity contribution is 7.18. The van der Waals surface area contributed by atoms with Gasteiger partial charge in [-0.1, -0.05) is 30.3 Å². The van der Waals surface area contributed by atoms with E-state index in [0.717, 1.165) is 41.8 Å². The molecular formula is C25H34N4O4S. The number of aliphatic hydroxyl groups excluding tert-OH is 1. The van der Waals surface area contributed by atoms with Crippen molar-refractivity contribution < 1.29 is 14.6 Å². The molecule has 9 heteroatoms. The van der Waals surface area contributed by atoms with Gasteiger partial charge in [0.25, 0.3) is 5.56 Å². The van der Waals surface area contributed by atoms with E-state index in [-0.39, 0.29) is 12.2 Å². The van der Waals surface area contributed by atoms with Gasteiger partial charge in [-0.3, -0.25) is 14.6 Å². The molecule has 34 heavy (non-hydrogen) atoms. The van der Waals surface area contributed by atoms with E-state index in [0.29, 0.717) is 38.7 Å². The Labute approximate surface area is 204 Å². The van der Waals surface area contributed by atoms with Gasteiger partial charge in [0.05, 0.1) is 31.2 Å². The summed E-state index contributed by atoms with van der Waals surface area (Å²) in [6.45, 7) is 7.41. The van der Waals surface area contributed by atoms with E-state index >= 15 is 0 Å². The molecule has 2 N–H and O–H groups in total. The second-order valence-corrected chi connectivity index (χ2v) is 9.77. The third-order valence-electron chi connectivity index (χ3n) is 6.06. The van der Waals surface area contributed by atoms with Crippen LogP contribution < -0.4 is 5.56 Å². The number of hydrogen-bond donors (Lipinski definition) is 2. The maximum Gasteiger partial charge on any atom is 0.259 e. The Hall–Kier alpha value is -2.14. The molecule has 1 aliphatic rings. The summed E-state index contributed by atoms with van der Waals surface area (Å²) < 4.78 is 10.6. The normalized spacial score (nSPS) is 15.2. The molecule has 0 spiro atoms. The van der Waals surface area contributed by atoms with Crippen LogP contribution in [0.25, 0.3) is 10.2 Å². The van der Waals surface area contributed by atoms with Gasteiger partial charge in [-0.2, -0.15) is 0 Å². The molecule has 0 bridgehead atoms. The average Bonchev–Trinajstić information content (AvgIpc) is 3.20. The summed E-state index contributed by atoms with van der Waals surface area (Å²) in [5.74, 6) is 0.608. The minimum atomic E-state index is -0.614. The van der Waals surface area contributed by atoms with Crippen molar-refractivity contribution in [1.29, 1.82) is 0 Å². The van der Waals surface area contributed by atoms with Gasteiger partial charge in [0.2, 0.25) is 0 Å². The van der Waals surface area contributed by atoms with Gasteiger partial charge < -0.3 is 19.6 Å². The molecule has 8 nitrogen and oxygen atoms in total. The number of ether oxygens (including phenoxy) is 2. The number of nitrogens with zero attached hydrogens (tertiary/aromatic N) is 3. The number of nitrogens with one attached hydrogen (secondary N) is 1. The van der Waals surface area contributed by atoms with Gasteiger partial charge in [0, 0.05) is 51.3 Å². The third-order valence-corrected chi connectivity index (χ3v) is 7.17. The third kappa shape index (κ3) is 6.29. The molecule has 0 aliphatic carbocycles. The van der Waals surface area contributed by atoms with Crippen LogP contribution in [0.4, 0.5) is 0 Å². The van der Waals surface area contributed by atoms with E-state index in [1.54, 1.807) is 18.4 Å². The van der Waals surface area contributed by atoms with Crippen molar-refractivity contribution in [3.05, 3.63) is 62.5 Å². The Morgan fingerprint density at radius 2 is 2.15 bits per heavy atom. The number of aromatic amines is 1. The number of hydrogen-bond acceptors (Lipinski definition) is 8. The van der Waals surface area contributed by atoms with Crippen LogP contribution in [0.1, 0.15) is 28.8 Å². The zero-order valence-electron chi connectivity index (χ0n) is 20.0.